The molecule has 0 aliphatic heterocycles. The van der Waals surface area contributed by atoms with Crippen LogP contribution >= 0.6 is 0 Å². The summed E-state index contributed by atoms with van der Waals surface area (Å²) in [6.45, 7) is 19.9. The SMILES string of the molecule is C=C=O.CC.CCC.CCCc1cc(C(C)c2ccccc2)c(-c2ccc(C)cc2)cc1C. The zero-order chi connectivity index (χ0) is 25.2. The number of carbonyl (C=O) groups excluding carboxylic acids is 1. The maximum Gasteiger partial charge on any atom is 0.116 e. The van der Waals surface area contributed by atoms with Gasteiger partial charge >= 0.3 is 0 Å². The Bertz CT molecular complexity index is 930. The molecule has 0 N–H and O–H groups in total. The molecule has 3 aromatic rings. The van der Waals surface area contributed by atoms with E-state index in [0.29, 0.717) is 5.92 Å². The number of rotatable bonds is 5. The maximum atomic E-state index is 8.57. The van der Waals surface area contributed by atoms with Crippen molar-refractivity contribution in [2.24, 2.45) is 0 Å². The van der Waals surface area contributed by atoms with E-state index in [4.69, 9.17) is 4.79 Å². The van der Waals surface area contributed by atoms with E-state index in [9.17, 15) is 0 Å². The maximum absolute atomic E-state index is 8.57. The Morgan fingerprint density at radius 3 is 1.88 bits per heavy atom. The van der Waals surface area contributed by atoms with Gasteiger partial charge in [-0.15, -0.1) is 0 Å². The molecule has 1 unspecified atom stereocenters. The van der Waals surface area contributed by atoms with Crippen LogP contribution in [0.3, 0.4) is 0 Å². The van der Waals surface area contributed by atoms with E-state index in [2.05, 4.69) is 115 Å². The topological polar surface area (TPSA) is 17.1 Å². The lowest BCUT2D eigenvalue weighted by atomic mass is 9.84. The first kappa shape index (κ1) is 30.1. The second-order valence-corrected chi connectivity index (χ2v) is 7.97. The van der Waals surface area contributed by atoms with Crippen LogP contribution in [0.1, 0.15) is 88.1 Å². The standard InChI is InChI=1S/C25H28.C3H8.C2H2O.C2H6/c1-5-9-23-17-24(20(4)21-10-7-6-8-11-21)25(16-19(23)3)22-14-12-18(2)13-15-22;1-3-2;1-2-3;1-2/h6-8,10-17,20H,5,9H2,1-4H3;3H2,1-2H3;1H2;1-2H3. The van der Waals surface area contributed by atoms with Gasteiger partial charge in [0.05, 0.1) is 0 Å². The molecule has 3 rings (SSSR count). The molecule has 0 radical (unpaired) electrons. The zero-order valence-corrected chi connectivity index (χ0v) is 22.2. The Kier molecular flexibility index (Phi) is 16.1. The van der Waals surface area contributed by atoms with Crippen LogP contribution < -0.4 is 0 Å². The minimum absolute atomic E-state index is 0.383. The van der Waals surface area contributed by atoms with Crippen molar-refractivity contribution >= 4 is 5.94 Å². The lowest BCUT2D eigenvalue weighted by molar-refractivity contribution is 0.569. The molecule has 1 nitrogen and oxygen atoms in total. The Hall–Kier alpha value is -2.89. The fourth-order valence-corrected chi connectivity index (χ4v) is 3.57. The van der Waals surface area contributed by atoms with Crippen LogP contribution in [-0.4, -0.2) is 5.94 Å². The Morgan fingerprint density at radius 2 is 1.39 bits per heavy atom. The summed E-state index contributed by atoms with van der Waals surface area (Å²) >= 11 is 0. The molecule has 0 heterocycles. The molecule has 1 atom stereocenters. The van der Waals surface area contributed by atoms with Crippen molar-refractivity contribution in [2.75, 3.05) is 0 Å². The summed E-state index contributed by atoms with van der Waals surface area (Å²) in [6.07, 6.45) is 3.58. The third-order valence-electron chi connectivity index (χ3n) is 5.16. The van der Waals surface area contributed by atoms with Crippen LogP contribution in [0.5, 0.6) is 0 Å². The summed E-state index contributed by atoms with van der Waals surface area (Å²) in [4.78, 5) is 8.57. The van der Waals surface area contributed by atoms with Crippen LogP contribution in [0.4, 0.5) is 0 Å². The number of benzene rings is 3. The van der Waals surface area contributed by atoms with Crippen molar-refractivity contribution in [3.63, 3.8) is 0 Å². The summed E-state index contributed by atoms with van der Waals surface area (Å²) in [5, 5.41) is 0. The van der Waals surface area contributed by atoms with Crippen molar-refractivity contribution in [3.8, 4) is 11.1 Å². The van der Waals surface area contributed by atoms with Crippen molar-refractivity contribution in [2.45, 2.75) is 80.6 Å². The van der Waals surface area contributed by atoms with Gasteiger partial charge in [0.1, 0.15) is 5.94 Å². The second-order valence-electron chi connectivity index (χ2n) is 7.97. The number of aryl methyl sites for hydroxylation is 3. The zero-order valence-electron chi connectivity index (χ0n) is 22.2. The second kappa shape index (κ2) is 17.6. The average molecular weight is 445 g/mol. The first-order valence-electron chi connectivity index (χ1n) is 12.3. The van der Waals surface area contributed by atoms with Gasteiger partial charge < -0.3 is 0 Å². The van der Waals surface area contributed by atoms with Gasteiger partial charge in [0.15, 0.2) is 0 Å². The van der Waals surface area contributed by atoms with Gasteiger partial charge in [-0.1, -0.05) is 127 Å². The van der Waals surface area contributed by atoms with Gasteiger partial charge in [-0.3, -0.25) is 0 Å². The van der Waals surface area contributed by atoms with E-state index in [0.717, 1.165) is 6.42 Å². The Balaban J connectivity index is 0.00000113. The molecule has 178 valence electrons. The smallest absolute Gasteiger partial charge is 0.116 e. The van der Waals surface area contributed by atoms with Crippen LogP contribution in [0, 0.1) is 13.8 Å². The summed E-state index contributed by atoms with van der Waals surface area (Å²) in [7, 11) is 0. The molecule has 0 aliphatic carbocycles. The van der Waals surface area contributed by atoms with Gasteiger partial charge in [-0.05, 0) is 60.2 Å². The van der Waals surface area contributed by atoms with E-state index in [-0.39, 0.29) is 0 Å². The minimum atomic E-state index is 0.383. The summed E-state index contributed by atoms with van der Waals surface area (Å²) in [6, 6.07) is 24.6. The third kappa shape index (κ3) is 10.1. The Morgan fingerprint density at radius 1 is 0.879 bits per heavy atom. The van der Waals surface area contributed by atoms with Gasteiger partial charge in [-0.2, -0.15) is 0 Å². The molecule has 0 spiro atoms. The molecular weight excluding hydrogens is 400 g/mol. The summed E-state index contributed by atoms with van der Waals surface area (Å²) in [5.74, 6) is 1.63. The van der Waals surface area contributed by atoms with Gasteiger partial charge in [0, 0.05) is 5.92 Å². The van der Waals surface area contributed by atoms with Crippen molar-refractivity contribution in [3.05, 3.63) is 101 Å². The fourth-order valence-electron chi connectivity index (χ4n) is 3.57. The highest BCUT2D eigenvalue weighted by Gasteiger charge is 2.16. The highest BCUT2D eigenvalue weighted by Crippen LogP contribution is 2.35. The van der Waals surface area contributed by atoms with Crippen LogP contribution in [0.15, 0.2) is 73.3 Å². The lowest BCUT2D eigenvalue weighted by Crippen LogP contribution is -2.02. The van der Waals surface area contributed by atoms with Crippen molar-refractivity contribution in [1.82, 2.24) is 0 Å². The molecule has 0 fully saturated rings. The summed E-state index contributed by atoms with van der Waals surface area (Å²) in [5.41, 5.74) is 9.69. The molecule has 1 heteroatoms. The van der Waals surface area contributed by atoms with Crippen LogP contribution in [-0.2, 0) is 11.2 Å². The normalized spacial score (nSPS) is 10.2. The van der Waals surface area contributed by atoms with E-state index >= 15 is 0 Å². The summed E-state index contributed by atoms with van der Waals surface area (Å²) < 4.78 is 0. The van der Waals surface area contributed by atoms with E-state index < -0.39 is 0 Å². The molecule has 0 bridgehead atoms. The van der Waals surface area contributed by atoms with Crippen molar-refractivity contribution in [1.29, 1.82) is 0 Å². The number of hydrogen-bond donors (Lipinski definition) is 0. The minimum Gasteiger partial charge on any atom is -0.234 e. The number of hydrogen-bond acceptors (Lipinski definition) is 1. The Labute approximate surface area is 203 Å². The molecule has 0 amide bonds. The van der Waals surface area contributed by atoms with Gasteiger partial charge in [0.2, 0.25) is 0 Å². The first-order chi connectivity index (χ1) is 15.9. The highest BCUT2D eigenvalue weighted by molar-refractivity contribution is 5.71. The molecule has 0 saturated heterocycles. The third-order valence-corrected chi connectivity index (χ3v) is 5.16. The molecular formula is C32H44O. The first-order valence-corrected chi connectivity index (χ1v) is 12.3. The lowest BCUT2D eigenvalue weighted by Gasteiger charge is -2.20. The average Bonchev–Trinajstić information content (AvgIpc) is 2.83. The predicted octanol–water partition coefficient (Wildman–Crippen LogP) is 9.52. The monoisotopic (exact) mass is 444 g/mol. The van der Waals surface area contributed by atoms with Crippen molar-refractivity contribution < 1.29 is 4.79 Å². The fraction of sp³-hybridized carbons (Fsp3) is 0.375. The largest absolute Gasteiger partial charge is 0.234 e. The highest BCUT2D eigenvalue weighted by atomic mass is 16.1. The molecule has 0 aliphatic rings. The molecule has 33 heavy (non-hydrogen) atoms. The van der Waals surface area contributed by atoms with E-state index in [1.54, 1.807) is 0 Å². The molecule has 0 saturated carbocycles. The van der Waals surface area contributed by atoms with E-state index in [1.807, 2.05) is 13.8 Å². The molecule has 3 aromatic carbocycles. The van der Waals surface area contributed by atoms with Crippen LogP contribution in [0.25, 0.3) is 11.1 Å². The predicted molar refractivity (Wildman–Crippen MR) is 148 cm³/mol. The molecule has 0 aromatic heterocycles. The van der Waals surface area contributed by atoms with Gasteiger partial charge in [-0.25, -0.2) is 4.79 Å². The quantitative estimate of drug-likeness (QED) is 0.358. The van der Waals surface area contributed by atoms with Crippen LogP contribution in [0.2, 0.25) is 0 Å². The van der Waals surface area contributed by atoms with E-state index in [1.165, 1.54) is 57.7 Å². The van der Waals surface area contributed by atoms with Gasteiger partial charge in [0.25, 0.3) is 0 Å².